The van der Waals surface area contributed by atoms with Crippen LogP contribution in [0, 0.1) is 11.3 Å². The Kier molecular flexibility index (Phi) is 5.74. The van der Waals surface area contributed by atoms with E-state index in [0.717, 1.165) is 23.9 Å². The van der Waals surface area contributed by atoms with Crippen molar-refractivity contribution < 1.29 is 18.0 Å². The third-order valence-electron chi connectivity index (χ3n) is 3.14. The van der Waals surface area contributed by atoms with E-state index in [-0.39, 0.29) is 12.1 Å². The van der Waals surface area contributed by atoms with E-state index >= 15 is 0 Å². The Bertz CT molecular complexity index is 793. The van der Waals surface area contributed by atoms with Crippen LogP contribution in [0.3, 0.4) is 0 Å². The van der Waals surface area contributed by atoms with E-state index in [4.69, 9.17) is 5.26 Å². The number of anilines is 1. The highest BCUT2D eigenvalue weighted by atomic mass is 19.4. The van der Waals surface area contributed by atoms with Gasteiger partial charge in [0.2, 0.25) is 0 Å². The Morgan fingerprint density at radius 2 is 1.96 bits per heavy atom. The number of nitrogens with one attached hydrogen (secondary N) is 2. The number of carbonyl (C=O) groups excluding carboxylic acids is 1. The van der Waals surface area contributed by atoms with Crippen LogP contribution in [0.4, 0.5) is 18.9 Å². The lowest BCUT2D eigenvalue weighted by molar-refractivity contribution is -0.137. The van der Waals surface area contributed by atoms with Gasteiger partial charge in [0.1, 0.15) is 11.6 Å². The second kappa shape index (κ2) is 7.97. The number of nitriles is 1. The molecule has 2 N–H and O–H groups in total. The molecule has 1 aromatic heterocycles. The van der Waals surface area contributed by atoms with Crippen LogP contribution in [0.5, 0.6) is 0 Å². The number of aromatic nitrogens is 1. The summed E-state index contributed by atoms with van der Waals surface area (Å²) in [4.78, 5) is 15.8. The zero-order valence-corrected chi connectivity index (χ0v) is 12.8. The monoisotopic (exact) mass is 346 g/mol. The molecule has 0 unspecified atom stereocenters. The first-order chi connectivity index (χ1) is 11.9. The maximum atomic E-state index is 12.5. The van der Waals surface area contributed by atoms with Crippen LogP contribution < -0.4 is 10.6 Å². The molecule has 0 aliphatic carbocycles. The molecule has 1 aromatic carbocycles. The van der Waals surface area contributed by atoms with E-state index < -0.39 is 17.6 Å². The maximum Gasteiger partial charge on any atom is 0.416 e. The van der Waals surface area contributed by atoms with E-state index in [1.165, 1.54) is 12.1 Å². The summed E-state index contributed by atoms with van der Waals surface area (Å²) >= 11 is 0. The number of rotatable bonds is 5. The van der Waals surface area contributed by atoms with Gasteiger partial charge in [-0.3, -0.25) is 9.78 Å². The number of nitrogens with zero attached hydrogens (tertiary/aromatic N) is 2. The van der Waals surface area contributed by atoms with Gasteiger partial charge in [0.15, 0.2) is 0 Å². The second-order valence-corrected chi connectivity index (χ2v) is 4.93. The number of hydrogen-bond donors (Lipinski definition) is 2. The Labute approximate surface area is 141 Å². The number of pyridine rings is 1. The molecule has 2 rings (SSSR count). The zero-order valence-electron chi connectivity index (χ0n) is 12.8. The molecule has 0 aliphatic heterocycles. The Morgan fingerprint density at radius 1 is 1.24 bits per heavy atom. The minimum atomic E-state index is -4.42. The van der Waals surface area contributed by atoms with E-state index in [9.17, 15) is 18.0 Å². The fraction of sp³-hybridized carbons (Fsp3) is 0.118. The summed E-state index contributed by atoms with van der Waals surface area (Å²) in [5.74, 6) is -0.606. The minimum absolute atomic E-state index is 0.200. The molecule has 1 heterocycles. The average molecular weight is 346 g/mol. The summed E-state index contributed by atoms with van der Waals surface area (Å²) in [7, 11) is 0. The van der Waals surface area contributed by atoms with E-state index in [0.29, 0.717) is 5.69 Å². The predicted molar refractivity (Wildman–Crippen MR) is 84.8 cm³/mol. The summed E-state index contributed by atoms with van der Waals surface area (Å²) in [6.07, 6.45) is -0.101. The fourth-order valence-corrected chi connectivity index (χ4v) is 1.84. The van der Waals surface area contributed by atoms with Crippen molar-refractivity contribution in [3.05, 3.63) is 71.7 Å². The van der Waals surface area contributed by atoms with Crippen LogP contribution >= 0.6 is 0 Å². The smallest absolute Gasteiger partial charge is 0.360 e. The predicted octanol–water partition coefficient (Wildman–Crippen LogP) is 3.24. The molecule has 0 atom stereocenters. The van der Waals surface area contributed by atoms with Crippen molar-refractivity contribution in [1.82, 2.24) is 10.3 Å². The Morgan fingerprint density at radius 3 is 2.52 bits per heavy atom. The fourth-order valence-electron chi connectivity index (χ4n) is 1.84. The van der Waals surface area contributed by atoms with Gasteiger partial charge in [0, 0.05) is 30.8 Å². The molecule has 5 nitrogen and oxygen atoms in total. The van der Waals surface area contributed by atoms with Crippen molar-refractivity contribution in [2.45, 2.75) is 12.7 Å². The van der Waals surface area contributed by atoms with Gasteiger partial charge in [-0.15, -0.1) is 0 Å². The molecule has 1 amide bonds. The summed E-state index contributed by atoms with van der Waals surface area (Å²) in [6.45, 7) is 0.200. The normalized spacial score (nSPS) is 11.5. The zero-order chi connectivity index (χ0) is 18.3. The van der Waals surface area contributed by atoms with Gasteiger partial charge in [0.25, 0.3) is 5.91 Å². The molecule has 0 bridgehead atoms. The lowest BCUT2D eigenvalue weighted by Gasteiger charge is -2.08. The summed E-state index contributed by atoms with van der Waals surface area (Å²) < 4.78 is 37.5. The third kappa shape index (κ3) is 5.35. The van der Waals surface area contributed by atoms with Crippen LogP contribution in [0.1, 0.15) is 11.1 Å². The maximum absolute atomic E-state index is 12.5. The molecule has 25 heavy (non-hydrogen) atoms. The first-order valence-corrected chi connectivity index (χ1v) is 7.11. The Balaban J connectivity index is 1.97. The number of hydrogen-bond acceptors (Lipinski definition) is 4. The molecule has 0 fully saturated rings. The van der Waals surface area contributed by atoms with Crippen LogP contribution in [0.25, 0.3) is 0 Å². The quantitative estimate of drug-likeness (QED) is 0.644. The first-order valence-electron chi connectivity index (χ1n) is 7.11. The molecular weight excluding hydrogens is 333 g/mol. The second-order valence-electron chi connectivity index (χ2n) is 4.93. The highest BCUT2D eigenvalue weighted by molar-refractivity contribution is 5.97. The molecule has 8 heteroatoms. The number of amides is 1. The number of alkyl halides is 3. The third-order valence-corrected chi connectivity index (χ3v) is 3.14. The van der Waals surface area contributed by atoms with Gasteiger partial charge in [-0.25, -0.2) is 0 Å². The van der Waals surface area contributed by atoms with Crippen molar-refractivity contribution in [2.75, 3.05) is 5.32 Å². The summed E-state index contributed by atoms with van der Waals surface area (Å²) in [5, 5.41) is 14.2. The molecule has 0 saturated heterocycles. The lowest BCUT2D eigenvalue weighted by Crippen LogP contribution is -2.24. The van der Waals surface area contributed by atoms with Gasteiger partial charge in [-0.05, 0) is 35.9 Å². The van der Waals surface area contributed by atoms with Gasteiger partial charge < -0.3 is 10.6 Å². The van der Waals surface area contributed by atoms with Crippen molar-refractivity contribution in [1.29, 1.82) is 5.26 Å². The average Bonchev–Trinajstić information content (AvgIpc) is 2.61. The molecule has 128 valence electrons. The van der Waals surface area contributed by atoms with Gasteiger partial charge in [-0.2, -0.15) is 18.4 Å². The summed E-state index contributed by atoms with van der Waals surface area (Å²) in [6, 6.07) is 9.45. The number of benzene rings is 1. The summed E-state index contributed by atoms with van der Waals surface area (Å²) in [5.41, 5.74) is 0.102. The van der Waals surface area contributed by atoms with Gasteiger partial charge >= 0.3 is 6.18 Å². The van der Waals surface area contributed by atoms with Gasteiger partial charge in [0.05, 0.1) is 5.56 Å². The van der Waals surface area contributed by atoms with E-state index in [1.807, 2.05) is 0 Å². The highest BCUT2D eigenvalue weighted by Crippen LogP contribution is 2.29. The molecular formula is C17H13F3N4O. The van der Waals surface area contributed by atoms with Crippen molar-refractivity contribution in [3.8, 4) is 6.07 Å². The largest absolute Gasteiger partial charge is 0.416 e. The number of carbonyl (C=O) groups is 1. The van der Waals surface area contributed by atoms with Crippen LogP contribution in [-0.2, 0) is 17.5 Å². The first kappa shape index (κ1) is 18.0. The SMILES string of the molecule is N#C/C(=C/Nc1ccc(C(F)(F)F)cc1)C(=O)NCc1cccnc1. The van der Waals surface area contributed by atoms with E-state index in [1.54, 1.807) is 30.6 Å². The van der Waals surface area contributed by atoms with Crippen molar-refractivity contribution in [3.63, 3.8) is 0 Å². The van der Waals surface area contributed by atoms with E-state index in [2.05, 4.69) is 15.6 Å². The molecule has 0 spiro atoms. The standard InChI is InChI=1S/C17H13F3N4O/c18-17(19,20)14-3-5-15(6-4-14)23-11-13(8-21)16(25)24-10-12-2-1-7-22-9-12/h1-7,9,11,23H,10H2,(H,24,25)/b13-11-. The topological polar surface area (TPSA) is 77.8 Å². The van der Waals surface area contributed by atoms with Crippen LogP contribution in [-0.4, -0.2) is 10.9 Å². The Hall–Kier alpha value is -3.34. The van der Waals surface area contributed by atoms with Crippen LogP contribution in [0.15, 0.2) is 60.6 Å². The lowest BCUT2D eigenvalue weighted by atomic mass is 10.2. The molecule has 0 saturated carbocycles. The molecule has 2 aromatic rings. The van der Waals surface area contributed by atoms with Crippen LogP contribution in [0.2, 0.25) is 0 Å². The molecule has 0 aliphatic rings. The van der Waals surface area contributed by atoms with Crippen molar-refractivity contribution in [2.24, 2.45) is 0 Å². The molecule has 0 radical (unpaired) electrons. The number of halogens is 3. The minimum Gasteiger partial charge on any atom is -0.360 e. The van der Waals surface area contributed by atoms with Crippen molar-refractivity contribution >= 4 is 11.6 Å². The van der Waals surface area contributed by atoms with Gasteiger partial charge in [-0.1, -0.05) is 6.07 Å². The highest BCUT2D eigenvalue weighted by Gasteiger charge is 2.29.